The average molecular weight is 746 g/mol. The molecular weight excluding hydrogens is 708 g/mol. The summed E-state index contributed by atoms with van der Waals surface area (Å²) in [7, 11) is 0. The summed E-state index contributed by atoms with van der Waals surface area (Å²) in [6, 6.07) is 1.27. The van der Waals surface area contributed by atoms with E-state index >= 15 is 0 Å². The highest BCUT2D eigenvalue weighted by Crippen LogP contribution is 2.68. The molecule has 5 rings (SSSR count). The number of nitrogens with two attached hydrogens (primary N) is 1. The number of phenols is 1. The lowest BCUT2D eigenvalue weighted by Crippen LogP contribution is -2.83. The number of carbonyl (C=O) groups excluding carboxylic acids is 4. The van der Waals surface area contributed by atoms with E-state index < -0.39 is 134 Å². The number of primary amides is 1. The van der Waals surface area contributed by atoms with Gasteiger partial charge in [-0.1, -0.05) is 40.7 Å². The van der Waals surface area contributed by atoms with Gasteiger partial charge in [0.2, 0.25) is 5.91 Å². The number of aliphatic hydroxyl groups is 4. The van der Waals surface area contributed by atoms with Gasteiger partial charge in [0.25, 0.3) is 0 Å². The van der Waals surface area contributed by atoms with Crippen LogP contribution < -0.4 is 16.4 Å². The van der Waals surface area contributed by atoms with E-state index in [1.54, 1.807) is 13.8 Å². The summed E-state index contributed by atoms with van der Waals surface area (Å²) in [5, 5.41) is 62.9. The van der Waals surface area contributed by atoms with E-state index in [2.05, 4.69) is 5.32 Å². The van der Waals surface area contributed by atoms with Crippen molar-refractivity contribution < 1.29 is 71.1 Å². The lowest BCUT2D eigenvalue weighted by molar-refractivity contribution is -0.306. The summed E-state index contributed by atoms with van der Waals surface area (Å²) < 4.78 is 79.9. The highest BCUT2D eigenvalue weighted by Gasteiger charge is 2.80. The molecule has 3 amide bonds. The normalized spacial score (nSPS) is 34.7. The number of nitrogens with one attached hydrogen (secondary N) is 2. The van der Waals surface area contributed by atoms with Crippen LogP contribution in [0.1, 0.15) is 67.6 Å². The highest BCUT2D eigenvalue weighted by molar-refractivity contribution is 6.11. The molecule has 0 spiro atoms. The molecular formula is C34H37F6N3O9. The summed E-state index contributed by atoms with van der Waals surface area (Å²) in [6.07, 6.45) is -16.4. The monoisotopic (exact) mass is 745 g/mol. The van der Waals surface area contributed by atoms with Gasteiger partial charge in [0.15, 0.2) is 17.2 Å². The minimum atomic E-state index is -5.21. The summed E-state index contributed by atoms with van der Waals surface area (Å²) in [6.45, 7) is 7.39. The fourth-order valence-corrected chi connectivity index (χ4v) is 9.17. The maximum Gasteiger partial charge on any atom is 0.416 e. The van der Waals surface area contributed by atoms with E-state index in [1.165, 1.54) is 26.8 Å². The van der Waals surface area contributed by atoms with Crippen molar-refractivity contribution in [1.82, 2.24) is 0 Å². The van der Waals surface area contributed by atoms with Crippen LogP contribution in [-0.4, -0.2) is 73.0 Å². The van der Waals surface area contributed by atoms with Crippen molar-refractivity contribution in [1.29, 1.82) is 0 Å². The first kappa shape index (κ1) is 39.0. The molecule has 0 bridgehead atoms. The maximum absolute atomic E-state index is 14.4. The van der Waals surface area contributed by atoms with E-state index in [-0.39, 0.29) is 23.8 Å². The Balaban J connectivity index is 1.57. The minimum absolute atomic E-state index is 0.0685. The fraction of sp³-hybridized carbons (Fsp3) is 0.529. The third-order valence-electron chi connectivity index (χ3n) is 11.7. The van der Waals surface area contributed by atoms with Crippen LogP contribution in [0.5, 0.6) is 5.75 Å². The molecule has 2 fully saturated rings. The van der Waals surface area contributed by atoms with Gasteiger partial charge in [-0.3, -0.25) is 14.4 Å². The number of phenolic OH excluding ortho intramolecular Hbond substituents is 1. The number of benzene rings is 2. The molecule has 12 nitrogen and oxygen atoms in total. The number of hydrogen-bond donors (Lipinski definition) is 8. The van der Waals surface area contributed by atoms with Crippen LogP contribution in [0.2, 0.25) is 0 Å². The molecule has 0 aliphatic heterocycles. The molecule has 0 saturated heterocycles. The van der Waals surface area contributed by atoms with E-state index in [1.807, 2.05) is 5.32 Å². The van der Waals surface area contributed by atoms with Gasteiger partial charge in [-0.2, -0.15) is 26.3 Å². The summed E-state index contributed by atoms with van der Waals surface area (Å²) >= 11 is 0. The number of urea groups is 1. The van der Waals surface area contributed by atoms with Crippen molar-refractivity contribution in [3.63, 3.8) is 0 Å². The number of aliphatic hydroxyl groups excluding tert-OH is 3. The number of carbonyl (C=O) groups is 4. The van der Waals surface area contributed by atoms with Gasteiger partial charge < -0.3 is 41.9 Å². The average Bonchev–Trinajstić information content (AvgIpc) is 3.01. The summed E-state index contributed by atoms with van der Waals surface area (Å²) in [5.74, 6) is -11.6. The van der Waals surface area contributed by atoms with Crippen molar-refractivity contribution in [2.45, 2.75) is 76.8 Å². The number of rotatable bonds is 4. The van der Waals surface area contributed by atoms with Gasteiger partial charge >= 0.3 is 18.4 Å². The van der Waals surface area contributed by atoms with Crippen molar-refractivity contribution >= 4 is 34.9 Å². The van der Waals surface area contributed by atoms with Crippen molar-refractivity contribution in [2.75, 3.05) is 10.6 Å². The molecule has 52 heavy (non-hydrogen) atoms. The highest BCUT2D eigenvalue weighted by atomic mass is 19.4. The molecule has 0 aromatic heterocycles. The van der Waals surface area contributed by atoms with E-state index in [0.29, 0.717) is 0 Å². The molecule has 2 aromatic rings. The van der Waals surface area contributed by atoms with Gasteiger partial charge in [-0.05, 0) is 47.6 Å². The molecule has 9 N–H and O–H groups in total. The fourth-order valence-electron chi connectivity index (χ4n) is 9.17. The third-order valence-corrected chi connectivity index (χ3v) is 11.7. The van der Waals surface area contributed by atoms with Crippen LogP contribution in [0.3, 0.4) is 0 Å². The second-order valence-electron chi connectivity index (χ2n) is 14.6. The zero-order valence-corrected chi connectivity index (χ0v) is 28.2. The Kier molecular flexibility index (Phi) is 9.10. The third kappa shape index (κ3) is 5.28. The maximum atomic E-state index is 14.4. The Labute approximate surface area is 292 Å². The van der Waals surface area contributed by atoms with Gasteiger partial charge in [-0.15, -0.1) is 0 Å². The molecule has 2 aromatic carbocycles. The molecule has 284 valence electrons. The standard InChI is InChI=1S/C34H37F6N3O9/c1-11(2)20-24(46)19(27(41)49)25(47)32(52)26(48)21-23(45)18-16(12(3)30(21,4)28(50)31(20,32)5)6-7-17(22(18)44)43-29(51)42-15-9-13(33(35,36)37)8-14(10-15)34(38,39)40/h6-12,19-21,24,26,28,44,46,48,50,52H,1-5H3,(H2,41,49)(H2,42,43,51)/t12-,19?,20+,21?,24?,26?,28-,30+,31+,32+/m1/s1. The van der Waals surface area contributed by atoms with E-state index in [4.69, 9.17) is 5.73 Å². The summed E-state index contributed by atoms with van der Waals surface area (Å²) in [5.41, 5.74) is -6.78. The Morgan fingerprint density at radius 2 is 1.46 bits per heavy atom. The van der Waals surface area contributed by atoms with Crippen molar-refractivity contribution in [2.24, 2.45) is 40.2 Å². The van der Waals surface area contributed by atoms with E-state index in [0.717, 1.165) is 6.07 Å². The second-order valence-corrected chi connectivity index (χ2v) is 14.6. The molecule has 0 heterocycles. The molecule has 0 radical (unpaired) electrons. The summed E-state index contributed by atoms with van der Waals surface area (Å²) in [4.78, 5) is 53.5. The Morgan fingerprint density at radius 1 is 0.923 bits per heavy atom. The number of alkyl halides is 6. The first-order valence-electron chi connectivity index (χ1n) is 16.1. The Bertz CT molecular complexity index is 1840. The Hall–Kier alpha value is -4.26. The predicted molar refractivity (Wildman–Crippen MR) is 169 cm³/mol. The topological polar surface area (TPSA) is 220 Å². The first-order chi connectivity index (χ1) is 23.7. The molecule has 18 heteroatoms. The lowest BCUT2D eigenvalue weighted by Gasteiger charge is -2.69. The SMILES string of the molecule is CC(C)[C@H]1C(O)C(C(N)=O)C(=O)[C@]2(O)C(O)C3C(=O)c4c(ccc(NC(=O)Nc5cc(C(F)(F)F)cc(C(F)(F)F)c5)c4O)[C@@H](C)[C@]3(C)[C@@H](O)[C@]12C. The number of Topliss-reactive ketones (excluding diaryl/α,β-unsaturated/α-hetero) is 2. The molecule has 4 unspecified atom stereocenters. The van der Waals surface area contributed by atoms with Crippen molar-refractivity contribution in [3.8, 4) is 5.75 Å². The quantitative estimate of drug-likeness (QED) is 0.130. The number of fused-ring (bicyclic) bond motifs is 3. The largest absolute Gasteiger partial charge is 0.505 e. The molecule has 10 atom stereocenters. The number of ketones is 2. The van der Waals surface area contributed by atoms with Crippen LogP contribution >= 0.6 is 0 Å². The number of aromatic hydroxyl groups is 1. The first-order valence-corrected chi connectivity index (χ1v) is 16.1. The van der Waals surface area contributed by atoms with Crippen LogP contribution in [0, 0.1) is 34.5 Å². The second kappa shape index (κ2) is 12.1. The number of amides is 3. The number of anilines is 2. The lowest BCUT2D eigenvalue weighted by atomic mass is 9.36. The zero-order valence-electron chi connectivity index (χ0n) is 28.2. The number of halogens is 6. The molecule has 3 aliphatic rings. The van der Waals surface area contributed by atoms with Crippen LogP contribution in [0.4, 0.5) is 42.5 Å². The van der Waals surface area contributed by atoms with Gasteiger partial charge in [-0.25, -0.2) is 4.79 Å². The zero-order chi connectivity index (χ0) is 39.4. The molecule has 3 aliphatic carbocycles. The predicted octanol–water partition coefficient (Wildman–Crippen LogP) is 3.79. The van der Waals surface area contributed by atoms with Gasteiger partial charge in [0, 0.05) is 16.5 Å². The van der Waals surface area contributed by atoms with Crippen LogP contribution in [-0.2, 0) is 21.9 Å². The minimum Gasteiger partial charge on any atom is -0.505 e. The van der Waals surface area contributed by atoms with E-state index in [9.17, 15) is 71.1 Å². The van der Waals surface area contributed by atoms with Crippen LogP contribution in [0.15, 0.2) is 30.3 Å². The smallest absolute Gasteiger partial charge is 0.416 e. The molecule has 2 saturated carbocycles. The van der Waals surface area contributed by atoms with Crippen LogP contribution in [0.25, 0.3) is 0 Å². The van der Waals surface area contributed by atoms with Gasteiger partial charge in [0.05, 0.1) is 40.5 Å². The van der Waals surface area contributed by atoms with Crippen molar-refractivity contribution in [3.05, 3.63) is 52.6 Å². The van der Waals surface area contributed by atoms with Gasteiger partial charge in [0.1, 0.15) is 17.8 Å². The Morgan fingerprint density at radius 3 is 1.94 bits per heavy atom. The number of hydrogen-bond acceptors (Lipinski definition) is 9.